The fourth-order valence-electron chi connectivity index (χ4n) is 1.97. The summed E-state index contributed by atoms with van der Waals surface area (Å²) in [4.78, 5) is 0. The van der Waals surface area contributed by atoms with Gasteiger partial charge in [-0.15, -0.1) is 0 Å². The molecule has 0 spiro atoms. The Balaban J connectivity index is 2.12. The van der Waals surface area contributed by atoms with E-state index in [0.717, 1.165) is 5.69 Å². The lowest BCUT2D eigenvalue weighted by molar-refractivity contribution is 0.373. The highest BCUT2D eigenvalue weighted by Gasteiger charge is 2.07. The number of aromatic hydroxyl groups is 1. The van der Waals surface area contributed by atoms with Gasteiger partial charge in [0, 0.05) is 17.8 Å². The molecule has 0 saturated heterocycles. The Morgan fingerprint density at radius 1 is 1.11 bits per heavy atom. The fourth-order valence-corrected chi connectivity index (χ4v) is 1.97. The highest BCUT2D eigenvalue weighted by molar-refractivity contribution is 5.55. The Kier molecular flexibility index (Phi) is 3.95. The standard InChI is InChI=1S/C16H19NO2/c1-11-4-6-13(7-5-11)12(2)17-14-8-9-16(19-3)15(18)10-14/h4-10,12,17-18H,1-3H3. The molecule has 0 bridgehead atoms. The maximum Gasteiger partial charge on any atom is 0.160 e. The van der Waals surface area contributed by atoms with E-state index >= 15 is 0 Å². The van der Waals surface area contributed by atoms with Gasteiger partial charge in [0.25, 0.3) is 0 Å². The van der Waals surface area contributed by atoms with Gasteiger partial charge in [0.05, 0.1) is 7.11 Å². The molecule has 0 heterocycles. The lowest BCUT2D eigenvalue weighted by Gasteiger charge is -2.16. The third kappa shape index (κ3) is 3.19. The van der Waals surface area contributed by atoms with Crippen LogP contribution in [-0.2, 0) is 0 Å². The van der Waals surface area contributed by atoms with Crippen LogP contribution in [0.2, 0.25) is 0 Å². The second kappa shape index (κ2) is 5.65. The average molecular weight is 257 g/mol. The lowest BCUT2D eigenvalue weighted by atomic mass is 10.1. The van der Waals surface area contributed by atoms with Crippen molar-refractivity contribution < 1.29 is 9.84 Å². The van der Waals surface area contributed by atoms with Gasteiger partial charge in [0.1, 0.15) is 0 Å². The van der Waals surface area contributed by atoms with Crippen molar-refractivity contribution in [2.24, 2.45) is 0 Å². The summed E-state index contributed by atoms with van der Waals surface area (Å²) >= 11 is 0. The highest BCUT2D eigenvalue weighted by Crippen LogP contribution is 2.30. The minimum Gasteiger partial charge on any atom is -0.504 e. The van der Waals surface area contributed by atoms with Gasteiger partial charge in [-0.25, -0.2) is 0 Å². The van der Waals surface area contributed by atoms with Gasteiger partial charge in [-0.05, 0) is 31.5 Å². The first kappa shape index (κ1) is 13.3. The topological polar surface area (TPSA) is 41.5 Å². The van der Waals surface area contributed by atoms with Crippen molar-refractivity contribution in [1.82, 2.24) is 0 Å². The van der Waals surface area contributed by atoms with Gasteiger partial charge < -0.3 is 15.2 Å². The summed E-state index contributed by atoms with van der Waals surface area (Å²) < 4.78 is 5.02. The maximum atomic E-state index is 9.75. The Morgan fingerprint density at radius 2 is 1.79 bits per heavy atom. The van der Waals surface area contributed by atoms with E-state index in [9.17, 15) is 5.11 Å². The molecule has 0 radical (unpaired) electrons. The van der Waals surface area contributed by atoms with E-state index in [1.54, 1.807) is 12.1 Å². The first-order valence-electron chi connectivity index (χ1n) is 6.30. The lowest BCUT2D eigenvalue weighted by Crippen LogP contribution is -2.06. The molecule has 3 nitrogen and oxygen atoms in total. The molecule has 19 heavy (non-hydrogen) atoms. The number of hydrogen-bond donors (Lipinski definition) is 2. The fraction of sp³-hybridized carbons (Fsp3) is 0.250. The number of benzene rings is 2. The quantitative estimate of drug-likeness (QED) is 0.873. The molecule has 2 aromatic carbocycles. The third-order valence-electron chi connectivity index (χ3n) is 3.14. The van der Waals surface area contributed by atoms with Crippen LogP contribution < -0.4 is 10.1 Å². The molecule has 1 atom stereocenters. The maximum absolute atomic E-state index is 9.75. The zero-order chi connectivity index (χ0) is 13.8. The van der Waals surface area contributed by atoms with E-state index in [1.807, 2.05) is 6.07 Å². The number of aryl methyl sites for hydroxylation is 1. The predicted molar refractivity (Wildman–Crippen MR) is 77.9 cm³/mol. The predicted octanol–water partition coefficient (Wildman–Crippen LogP) is 3.88. The second-order valence-electron chi connectivity index (χ2n) is 4.66. The van der Waals surface area contributed by atoms with Crippen molar-refractivity contribution in [1.29, 1.82) is 0 Å². The molecule has 2 rings (SSSR count). The molecular weight excluding hydrogens is 238 g/mol. The van der Waals surface area contributed by atoms with Crippen LogP contribution in [0.5, 0.6) is 11.5 Å². The summed E-state index contributed by atoms with van der Waals surface area (Å²) in [5.74, 6) is 0.622. The Morgan fingerprint density at radius 3 is 2.37 bits per heavy atom. The molecule has 0 amide bonds. The Bertz CT molecular complexity index is 549. The van der Waals surface area contributed by atoms with Crippen molar-refractivity contribution in [3.05, 3.63) is 53.6 Å². The third-order valence-corrected chi connectivity index (χ3v) is 3.14. The van der Waals surface area contributed by atoms with Gasteiger partial charge >= 0.3 is 0 Å². The molecule has 0 aliphatic heterocycles. The summed E-state index contributed by atoms with van der Waals surface area (Å²) in [6, 6.07) is 13.9. The van der Waals surface area contributed by atoms with E-state index in [1.165, 1.54) is 18.2 Å². The van der Waals surface area contributed by atoms with Gasteiger partial charge in [0.2, 0.25) is 0 Å². The second-order valence-corrected chi connectivity index (χ2v) is 4.66. The van der Waals surface area contributed by atoms with Gasteiger partial charge in [-0.2, -0.15) is 0 Å². The zero-order valence-corrected chi connectivity index (χ0v) is 11.5. The number of phenols is 1. The smallest absolute Gasteiger partial charge is 0.160 e. The van der Waals surface area contributed by atoms with E-state index in [4.69, 9.17) is 4.74 Å². The van der Waals surface area contributed by atoms with Crippen molar-refractivity contribution >= 4 is 5.69 Å². The molecule has 1 unspecified atom stereocenters. The summed E-state index contributed by atoms with van der Waals surface area (Å²) in [7, 11) is 1.54. The molecule has 0 fully saturated rings. The molecule has 100 valence electrons. The molecule has 0 aliphatic carbocycles. The summed E-state index contributed by atoms with van der Waals surface area (Å²) in [6.45, 7) is 4.16. The molecule has 0 aliphatic rings. The number of rotatable bonds is 4. The SMILES string of the molecule is COc1ccc(NC(C)c2ccc(C)cc2)cc1O. The number of phenolic OH excluding ortho intramolecular Hbond substituents is 1. The minimum atomic E-state index is 0.142. The Hall–Kier alpha value is -2.16. The summed E-state index contributed by atoms with van der Waals surface area (Å²) in [5, 5.41) is 13.1. The molecule has 0 saturated carbocycles. The van der Waals surface area contributed by atoms with Crippen molar-refractivity contribution in [3.8, 4) is 11.5 Å². The molecule has 2 aromatic rings. The van der Waals surface area contributed by atoms with Crippen LogP contribution in [0.4, 0.5) is 5.69 Å². The largest absolute Gasteiger partial charge is 0.504 e. The molecule has 3 heteroatoms. The molecule has 0 aromatic heterocycles. The van der Waals surface area contributed by atoms with E-state index in [-0.39, 0.29) is 11.8 Å². The monoisotopic (exact) mass is 257 g/mol. The summed E-state index contributed by atoms with van der Waals surface area (Å²) in [6.07, 6.45) is 0. The number of ether oxygens (including phenoxy) is 1. The van der Waals surface area contributed by atoms with E-state index in [2.05, 4.69) is 43.4 Å². The molecular formula is C16H19NO2. The first-order valence-corrected chi connectivity index (χ1v) is 6.30. The van der Waals surface area contributed by atoms with Crippen molar-refractivity contribution in [2.45, 2.75) is 19.9 Å². The van der Waals surface area contributed by atoms with Crippen LogP contribution in [0.15, 0.2) is 42.5 Å². The number of anilines is 1. The van der Waals surface area contributed by atoms with Crippen LogP contribution in [0.1, 0.15) is 24.1 Å². The van der Waals surface area contributed by atoms with Crippen LogP contribution in [0.25, 0.3) is 0 Å². The van der Waals surface area contributed by atoms with Crippen molar-refractivity contribution in [3.63, 3.8) is 0 Å². The van der Waals surface area contributed by atoms with E-state index < -0.39 is 0 Å². The highest BCUT2D eigenvalue weighted by atomic mass is 16.5. The Labute approximate surface area is 113 Å². The molecule has 2 N–H and O–H groups in total. The minimum absolute atomic E-state index is 0.142. The number of methoxy groups -OCH3 is 1. The average Bonchev–Trinajstić information content (AvgIpc) is 2.39. The van der Waals surface area contributed by atoms with E-state index in [0.29, 0.717) is 5.75 Å². The van der Waals surface area contributed by atoms with Gasteiger partial charge in [-0.3, -0.25) is 0 Å². The van der Waals surface area contributed by atoms with Crippen LogP contribution in [-0.4, -0.2) is 12.2 Å². The zero-order valence-electron chi connectivity index (χ0n) is 11.5. The van der Waals surface area contributed by atoms with Gasteiger partial charge in [-0.1, -0.05) is 29.8 Å². The van der Waals surface area contributed by atoms with Crippen molar-refractivity contribution in [2.75, 3.05) is 12.4 Å². The normalized spacial score (nSPS) is 11.9. The van der Waals surface area contributed by atoms with Crippen LogP contribution in [0.3, 0.4) is 0 Å². The van der Waals surface area contributed by atoms with Crippen LogP contribution >= 0.6 is 0 Å². The first-order chi connectivity index (χ1) is 9.10. The number of nitrogens with one attached hydrogen (secondary N) is 1. The van der Waals surface area contributed by atoms with Gasteiger partial charge in [0.15, 0.2) is 11.5 Å². The van der Waals surface area contributed by atoms with Crippen LogP contribution in [0, 0.1) is 6.92 Å². The summed E-state index contributed by atoms with van der Waals surface area (Å²) in [5.41, 5.74) is 3.32. The number of hydrogen-bond acceptors (Lipinski definition) is 3.